The monoisotopic (exact) mass is 236 g/mol. The fourth-order valence-electron chi connectivity index (χ4n) is 2.00. The van der Waals surface area contributed by atoms with E-state index >= 15 is 0 Å². The van der Waals surface area contributed by atoms with Crippen LogP contribution in [0, 0.1) is 16.7 Å². The zero-order valence-electron chi connectivity index (χ0n) is 8.95. The van der Waals surface area contributed by atoms with Gasteiger partial charge in [0.2, 0.25) is 0 Å². The first-order valence-corrected chi connectivity index (χ1v) is 5.71. The summed E-state index contributed by atoms with van der Waals surface area (Å²) in [4.78, 5) is 3.95. The average Bonchev–Trinajstić information content (AvgIpc) is 2.33. The molecule has 2 heterocycles. The Hall–Kier alpha value is -1.11. The standard InChI is InChI=1S/C12H13ClN2O/c13-11-8-15-4-1-10(11)7-12(9-14)2-5-16-6-3-12/h1,4,8H,2-3,5-7H2. The molecule has 4 heteroatoms. The molecule has 3 nitrogen and oxygen atoms in total. The lowest BCUT2D eigenvalue weighted by Crippen LogP contribution is -2.30. The van der Waals surface area contributed by atoms with Gasteiger partial charge < -0.3 is 4.74 Å². The molecule has 0 atom stereocenters. The Morgan fingerprint density at radius 1 is 1.50 bits per heavy atom. The minimum absolute atomic E-state index is 0.316. The highest BCUT2D eigenvalue weighted by Gasteiger charge is 2.33. The zero-order chi connectivity index (χ0) is 11.4. The second-order valence-corrected chi connectivity index (χ2v) is 4.56. The summed E-state index contributed by atoms with van der Waals surface area (Å²) >= 11 is 6.06. The molecule has 0 aliphatic carbocycles. The molecule has 0 amide bonds. The molecule has 0 saturated carbocycles. The van der Waals surface area contributed by atoms with Crippen molar-refractivity contribution < 1.29 is 4.74 Å². The van der Waals surface area contributed by atoms with Crippen LogP contribution in [-0.2, 0) is 11.2 Å². The van der Waals surface area contributed by atoms with Crippen LogP contribution in [0.4, 0.5) is 0 Å². The smallest absolute Gasteiger partial charge is 0.0695 e. The Bertz CT molecular complexity index is 408. The summed E-state index contributed by atoms with van der Waals surface area (Å²) in [6.45, 7) is 1.33. The van der Waals surface area contributed by atoms with Gasteiger partial charge in [0.1, 0.15) is 0 Å². The molecule has 0 bridgehead atoms. The maximum atomic E-state index is 9.33. The maximum Gasteiger partial charge on any atom is 0.0695 e. The Labute approximate surface area is 100 Å². The van der Waals surface area contributed by atoms with Crippen molar-refractivity contribution in [3.05, 3.63) is 29.0 Å². The Balaban J connectivity index is 2.19. The molecule has 0 spiro atoms. The van der Waals surface area contributed by atoms with Gasteiger partial charge in [0.05, 0.1) is 16.5 Å². The molecule has 0 N–H and O–H groups in total. The number of nitriles is 1. The van der Waals surface area contributed by atoms with Gasteiger partial charge in [-0.15, -0.1) is 0 Å². The first kappa shape index (κ1) is 11.4. The number of aromatic nitrogens is 1. The highest BCUT2D eigenvalue weighted by molar-refractivity contribution is 6.31. The van der Waals surface area contributed by atoms with Gasteiger partial charge in [0.25, 0.3) is 0 Å². The fraction of sp³-hybridized carbons (Fsp3) is 0.500. The summed E-state index contributed by atoms with van der Waals surface area (Å²) in [5, 5.41) is 9.97. The molecule has 0 unspecified atom stereocenters. The third-order valence-electron chi connectivity index (χ3n) is 3.07. The van der Waals surface area contributed by atoms with Crippen LogP contribution >= 0.6 is 11.6 Å². The van der Waals surface area contributed by atoms with E-state index in [1.165, 1.54) is 0 Å². The maximum absolute atomic E-state index is 9.33. The van der Waals surface area contributed by atoms with Gasteiger partial charge >= 0.3 is 0 Å². The fourth-order valence-corrected chi connectivity index (χ4v) is 2.19. The average molecular weight is 237 g/mol. The van der Waals surface area contributed by atoms with Crippen LogP contribution in [0.3, 0.4) is 0 Å². The molecule has 1 fully saturated rings. The van der Waals surface area contributed by atoms with Crippen molar-refractivity contribution >= 4 is 11.6 Å². The number of rotatable bonds is 2. The summed E-state index contributed by atoms with van der Waals surface area (Å²) in [7, 11) is 0. The number of halogens is 1. The van der Waals surface area contributed by atoms with Crippen molar-refractivity contribution in [3.8, 4) is 6.07 Å². The van der Waals surface area contributed by atoms with Crippen LogP contribution < -0.4 is 0 Å². The van der Waals surface area contributed by atoms with Crippen molar-refractivity contribution in [1.82, 2.24) is 4.98 Å². The highest BCUT2D eigenvalue weighted by atomic mass is 35.5. The SMILES string of the molecule is N#CC1(Cc2ccncc2Cl)CCOCC1. The van der Waals surface area contributed by atoms with E-state index in [0.717, 1.165) is 18.4 Å². The molecule has 1 aromatic heterocycles. The van der Waals surface area contributed by atoms with Crippen molar-refractivity contribution in [2.45, 2.75) is 19.3 Å². The summed E-state index contributed by atoms with van der Waals surface area (Å²) < 4.78 is 5.30. The molecule has 0 aromatic carbocycles. The van der Waals surface area contributed by atoms with E-state index in [1.54, 1.807) is 12.4 Å². The van der Waals surface area contributed by atoms with Gasteiger partial charge in [-0.25, -0.2) is 0 Å². The van der Waals surface area contributed by atoms with Crippen LogP contribution in [0.15, 0.2) is 18.5 Å². The second kappa shape index (κ2) is 4.82. The van der Waals surface area contributed by atoms with E-state index in [1.807, 2.05) is 6.07 Å². The van der Waals surface area contributed by atoms with Gasteiger partial charge in [-0.05, 0) is 30.9 Å². The number of ether oxygens (including phenoxy) is 1. The van der Waals surface area contributed by atoms with E-state index < -0.39 is 0 Å². The van der Waals surface area contributed by atoms with E-state index in [2.05, 4.69) is 11.1 Å². The van der Waals surface area contributed by atoms with Crippen molar-refractivity contribution in [2.75, 3.05) is 13.2 Å². The lowest BCUT2D eigenvalue weighted by atomic mass is 9.77. The third-order valence-corrected chi connectivity index (χ3v) is 3.41. The first-order valence-electron chi connectivity index (χ1n) is 5.33. The second-order valence-electron chi connectivity index (χ2n) is 4.15. The van der Waals surface area contributed by atoms with Crippen molar-refractivity contribution in [3.63, 3.8) is 0 Å². The molecule has 1 aliphatic rings. The summed E-state index contributed by atoms with van der Waals surface area (Å²) in [6.07, 6.45) is 5.59. The molecular weight excluding hydrogens is 224 g/mol. The normalized spacial score (nSPS) is 19.0. The van der Waals surface area contributed by atoms with Gasteiger partial charge in [-0.2, -0.15) is 5.26 Å². The Kier molecular flexibility index (Phi) is 3.42. The number of hydrogen-bond acceptors (Lipinski definition) is 3. The van der Waals surface area contributed by atoms with E-state index in [0.29, 0.717) is 24.7 Å². The van der Waals surface area contributed by atoms with Crippen LogP contribution in [0.2, 0.25) is 5.02 Å². The first-order chi connectivity index (χ1) is 7.76. The quantitative estimate of drug-likeness (QED) is 0.793. The molecule has 1 aromatic rings. The van der Waals surface area contributed by atoms with Crippen molar-refractivity contribution in [1.29, 1.82) is 5.26 Å². The highest BCUT2D eigenvalue weighted by Crippen LogP contribution is 2.35. The Morgan fingerprint density at radius 3 is 2.88 bits per heavy atom. The summed E-state index contributed by atoms with van der Waals surface area (Å²) in [6, 6.07) is 4.32. The minimum atomic E-state index is -0.316. The van der Waals surface area contributed by atoms with E-state index in [9.17, 15) is 5.26 Å². The molecule has 1 aliphatic heterocycles. The largest absolute Gasteiger partial charge is 0.381 e. The number of nitrogens with zero attached hydrogens (tertiary/aromatic N) is 2. The summed E-state index contributed by atoms with van der Waals surface area (Å²) in [5.74, 6) is 0. The van der Waals surface area contributed by atoms with Gasteiger partial charge in [0.15, 0.2) is 0 Å². The van der Waals surface area contributed by atoms with E-state index in [-0.39, 0.29) is 5.41 Å². The molecule has 0 radical (unpaired) electrons. The lowest BCUT2D eigenvalue weighted by Gasteiger charge is -2.30. The topological polar surface area (TPSA) is 45.9 Å². The van der Waals surface area contributed by atoms with Gasteiger partial charge in [0, 0.05) is 25.6 Å². The van der Waals surface area contributed by atoms with Gasteiger partial charge in [-0.1, -0.05) is 11.6 Å². The molecule has 1 saturated heterocycles. The van der Waals surface area contributed by atoms with Gasteiger partial charge in [-0.3, -0.25) is 4.98 Å². The van der Waals surface area contributed by atoms with Crippen molar-refractivity contribution in [2.24, 2.45) is 5.41 Å². The molecule has 16 heavy (non-hydrogen) atoms. The summed E-state index contributed by atoms with van der Waals surface area (Å²) in [5.41, 5.74) is 0.684. The zero-order valence-corrected chi connectivity index (χ0v) is 9.70. The molecular formula is C12H13ClN2O. The third kappa shape index (κ3) is 2.34. The minimum Gasteiger partial charge on any atom is -0.381 e. The lowest BCUT2D eigenvalue weighted by molar-refractivity contribution is 0.0406. The number of pyridine rings is 1. The van der Waals surface area contributed by atoms with Crippen LogP contribution in [0.25, 0.3) is 0 Å². The van der Waals surface area contributed by atoms with Crippen LogP contribution in [0.5, 0.6) is 0 Å². The van der Waals surface area contributed by atoms with E-state index in [4.69, 9.17) is 16.3 Å². The predicted molar refractivity (Wildman–Crippen MR) is 61.1 cm³/mol. The predicted octanol–water partition coefficient (Wildman–Crippen LogP) is 2.60. The van der Waals surface area contributed by atoms with Crippen LogP contribution in [0.1, 0.15) is 18.4 Å². The Morgan fingerprint density at radius 2 is 2.25 bits per heavy atom. The number of hydrogen-bond donors (Lipinski definition) is 0. The molecule has 2 rings (SSSR count). The van der Waals surface area contributed by atoms with Crippen LogP contribution in [-0.4, -0.2) is 18.2 Å². The molecule has 84 valence electrons.